The zero-order chi connectivity index (χ0) is 13.4. The fraction of sp³-hybridized carbons (Fsp3) is 0.625. The summed E-state index contributed by atoms with van der Waals surface area (Å²) < 4.78 is 1.22. The molecule has 0 saturated carbocycles. The minimum atomic E-state index is 0. The van der Waals surface area contributed by atoms with Gasteiger partial charge in [0.2, 0.25) is 0 Å². The second-order valence-corrected chi connectivity index (χ2v) is 7.51. The lowest BCUT2D eigenvalue weighted by atomic mass is 9.79. The molecule has 0 atom stereocenters. The summed E-state index contributed by atoms with van der Waals surface area (Å²) in [6.45, 7) is 10.5. The van der Waals surface area contributed by atoms with Gasteiger partial charge in [-0.25, -0.2) is 0 Å². The summed E-state index contributed by atoms with van der Waals surface area (Å²) in [4.78, 5) is 2.67. The molecule has 0 unspecified atom stereocenters. The van der Waals surface area contributed by atoms with E-state index in [0.717, 1.165) is 6.54 Å². The smallest absolute Gasteiger partial charge is 0.0255 e. The quantitative estimate of drug-likeness (QED) is 0.691. The fourth-order valence-corrected chi connectivity index (χ4v) is 3.68. The van der Waals surface area contributed by atoms with Crippen LogP contribution in [0.4, 0.5) is 0 Å². The van der Waals surface area contributed by atoms with E-state index in [-0.39, 0.29) is 23.5 Å². The van der Waals surface area contributed by atoms with Crippen molar-refractivity contribution in [3.8, 4) is 0 Å². The Hall–Kier alpha value is -0.0500. The normalized spacial score (nSPS) is 21.7. The van der Waals surface area contributed by atoms with E-state index in [0.29, 0.717) is 0 Å². The van der Waals surface area contributed by atoms with E-state index in [2.05, 4.69) is 72.8 Å². The van der Waals surface area contributed by atoms with Gasteiger partial charge in [-0.2, -0.15) is 0 Å². The Balaban J connectivity index is 0.00000180. The Bertz CT molecular complexity index is 413. The van der Waals surface area contributed by atoms with E-state index in [1.54, 1.807) is 0 Å². The molecular weight excluding hydrogens is 322 g/mol. The van der Waals surface area contributed by atoms with Crippen molar-refractivity contribution in [3.63, 3.8) is 0 Å². The van der Waals surface area contributed by atoms with Crippen molar-refractivity contribution in [2.24, 2.45) is 0 Å². The summed E-state index contributed by atoms with van der Waals surface area (Å²) in [5.41, 5.74) is 1.97. The zero-order valence-corrected chi connectivity index (χ0v) is 14.8. The highest BCUT2D eigenvalue weighted by molar-refractivity contribution is 9.10. The predicted molar refractivity (Wildman–Crippen MR) is 88.9 cm³/mol. The van der Waals surface area contributed by atoms with Crippen LogP contribution in [0.15, 0.2) is 28.7 Å². The summed E-state index contributed by atoms with van der Waals surface area (Å²) in [5.74, 6) is 0. The first-order chi connectivity index (χ1) is 8.33. The third-order valence-electron chi connectivity index (χ3n) is 4.32. The molecule has 1 heterocycles. The molecule has 2 rings (SSSR count). The SMILES string of the molecule is CC1(C)CCCC(C)(C)N1Cc1ccccc1Br.Cl. The second kappa shape index (κ2) is 6.15. The first kappa shape index (κ1) is 17.0. The van der Waals surface area contributed by atoms with E-state index in [1.165, 1.54) is 29.3 Å². The average Bonchev–Trinajstić information content (AvgIpc) is 2.25. The molecule has 1 fully saturated rings. The van der Waals surface area contributed by atoms with Gasteiger partial charge in [0.1, 0.15) is 0 Å². The summed E-state index contributed by atoms with van der Waals surface area (Å²) in [7, 11) is 0. The van der Waals surface area contributed by atoms with E-state index >= 15 is 0 Å². The van der Waals surface area contributed by atoms with Crippen LogP contribution in [-0.4, -0.2) is 16.0 Å². The molecule has 1 nitrogen and oxygen atoms in total. The number of hydrogen-bond acceptors (Lipinski definition) is 1. The lowest BCUT2D eigenvalue weighted by Crippen LogP contribution is -2.57. The number of likely N-dealkylation sites (tertiary alicyclic amines) is 1. The van der Waals surface area contributed by atoms with Gasteiger partial charge in [0.25, 0.3) is 0 Å². The van der Waals surface area contributed by atoms with Crippen molar-refractivity contribution in [3.05, 3.63) is 34.3 Å². The Morgan fingerprint density at radius 3 is 2.11 bits per heavy atom. The second-order valence-electron chi connectivity index (χ2n) is 6.66. The lowest BCUT2D eigenvalue weighted by Gasteiger charge is -2.53. The van der Waals surface area contributed by atoms with Crippen LogP contribution < -0.4 is 0 Å². The van der Waals surface area contributed by atoms with Crippen LogP contribution in [-0.2, 0) is 6.54 Å². The Labute approximate surface area is 132 Å². The van der Waals surface area contributed by atoms with Crippen LogP contribution in [0.2, 0.25) is 0 Å². The van der Waals surface area contributed by atoms with E-state index in [4.69, 9.17) is 0 Å². The highest BCUT2D eigenvalue weighted by atomic mass is 79.9. The monoisotopic (exact) mass is 345 g/mol. The molecule has 1 aromatic carbocycles. The molecule has 0 bridgehead atoms. The Morgan fingerprint density at radius 2 is 1.58 bits per heavy atom. The topological polar surface area (TPSA) is 3.24 Å². The van der Waals surface area contributed by atoms with E-state index in [1.807, 2.05) is 0 Å². The lowest BCUT2D eigenvalue weighted by molar-refractivity contribution is -0.0342. The van der Waals surface area contributed by atoms with Crippen molar-refractivity contribution in [1.82, 2.24) is 4.90 Å². The summed E-state index contributed by atoms with van der Waals surface area (Å²) in [6.07, 6.45) is 3.92. The van der Waals surface area contributed by atoms with Gasteiger partial charge in [-0.1, -0.05) is 34.1 Å². The maximum atomic E-state index is 3.67. The molecule has 1 aliphatic rings. The van der Waals surface area contributed by atoms with Gasteiger partial charge in [-0.05, 0) is 58.6 Å². The minimum Gasteiger partial charge on any atom is -0.289 e. The predicted octanol–water partition coefficient (Wildman–Crippen LogP) is 5.41. The molecule has 19 heavy (non-hydrogen) atoms. The van der Waals surface area contributed by atoms with Gasteiger partial charge < -0.3 is 0 Å². The molecule has 0 aliphatic carbocycles. The fourth-order valence-electron chi connectivity index (χ4n) is 3.27. The Morgan fingerprint density at radius 1 is 1.05 bits per heavy atom. The molecule has 0 N–H and O–H groups in total. The van der Waals surface area contributed by atoms with Crippen LogP contribution >= 0.6 is 28.3 Å². The third kappa shape index (κ3) is 3.74. The number of hydrogen-bond donors (Lipinski definition) is 0. The molecule has 0 aromatic heterocycles. The third-order valence-corrected chi connectivity index (χ3v) is 5.10. The van der Waals surface area contributed by atoms with Crippen molar-refractivity contribution >= 4 is 28.3 Å². The average molecular weight is 347 g/mol. The molecule has 1 aromatic rings. The number of benzene rings is 1. The number of rotatable bonds is 2. The van der Waals surface area contributed by atoms with Crippen LogP contribution in [0.3, 0.4) is 0 Å². The Kier molecular flexibility index (Phi) is 5.51. The first-order valence-electron chi connectivity index (χ1n) is 6.84. The van der Waals surface area contributed by atoms with Crippen LogP contribution in [0.5, 0.6) is 0 Å². The van der Waals surface area contributed by atoms with Crippen molar-refractivity contribution in [1.29, 1.82) is 0 Å². The van der Waals surface area contributed by atoms with Crippen LogP contribution in [0.25, 0.3) is 0 Å². The van der Waals surface area contributed by atoms with Gasteiger partial charge in [-0.15, -0.1) is 12.4 Å². The van der Waals surface area contributed by atoms with Gasteiger partial charge >= 0.3 is 0 Å². The molecule has 0 amide bonds. The van der Waals surface area contributed by atoms with Crippen LogP contribution in [0, 0.1) is 0 Å². The van der Waals surface area contributed by atoms with Crippen molar-refractivity contribution in [2.45, 2.75) is 64.6 Å². The van der Waals surface area contributed by atoms with Gasteiger partial charge in [0, 0.05) is 22.1 Å². The molecule has 0 radical (unpaired) electrons. The summed E-state index contributed by atoms with van der Waals surface area (Å²) >= 11 is 3.67. The maximum Gasteiger partial charge on any atom is 0.0255 e. The van der Waals surface area contributed by atoms with Crippen LogP contribution in [0.1, 0.15) is 52.5 Å². The highest BCUT2D eigenvalue weighted by Crippen LogP contribution is 2.39. The molecule has 1 aliphatic heterocycles. The molecule has 1 saturated heterocycles. The maximum absolute atomic E-state index is 3.67. The van der Waals surface area contributed by atoms with E-state index in [9.17, 15) is 0 Å². The number of nitrogens with zero attached hydrogens (tertiary/aromatic N) is 1. The first-order valence-corrected chi connectivity index (χ1v) is 7.63. The largest absolute Gasteiger partial charge is 0.289 e. The van der Waals surface area contributed by atoms with Gasteiger partial charge in [0.05, 0.1) is 0 Å². The zero-order valence-electron chi connectivity index (χ0n) is 12.4. The van der Waals surface area contributed by atoms with Gasteiger partial charge in [-0.3, -0.25) is 4.90 Å². The molecule has 0 spiro atoms. The van der Waals surface area contributed by atoms with Gasteiger partial charge in [0.15, 0.2) is 0 Å². The number of halogens is 2. The summed E-state index contributed by atoms with van der Waals surface area (Å²) in [6, 6.07) is 8.58. The summed E-state index contributed by atoms with van der Waals surface area (Å²) in [5, 5.41) is 0. The van der Waals surface area contributed by atoms with E-state index < -0.39 is 0 Å². The number of piperidine rings is 1. The van der Waals surface area contributed by atoms with Crippen molar-refractivity contribution in [2.75, 3.05) is 0 Å². The molecule has 3 heteroatoms. The minimum absolute atomic E-state index is 0. The molecule has 108 valence electrons. The highest BCUT2D eigenvalue weighted by Gasteiger charge is 2.40. The molecular formula is C16H25BrClN. The standard InChI is InChI=1S/C16H24BrN.ClH/c1-15(2)10-7-11-16(3,4)18(15)12-13-8-5-6-9-14(13)17;/h5-6,8-9H,7,10-12H2,1-4H3;1H. The van der Waals surface area contributed by atoms with Crippen molar-refractivity contribution < 1.29 is 0 Å².